The van der Waals surface area contributed by atoms with Gasteiger partial charge in [-0.1, -0.05) is 11.6 Å². The first-order chi connectivity index (χ1) is 9.15. The molecule has 0 unspecified atom stereocenters. The summed E-state index contributed by atoms with van der Waals surface area (Å²) >= 11 is 7.05. The molecule has 7 heteroatoms. The molecule has 0 radical (unpaired) electrons. The molecule has 1 aliphatic rings. The predicted octanol–water partition coefficient (Wildman–Crippen LogP) is 2.91. The van der Waals surface area contributed by atoms with E-state index in [2.05, 4.69) is 15.5 Å². The van der Waals surface area contributed by atoms with Gasteiger partial charge in [0.25, 0.3) is 0 Å². The molecule has 19 heavy (non-hydrogen) atoms. The van der Waals surface area contributed by atoms with Crippen molar-refractivity contribution in [1.29, 1.82) is 0 Å². The van der Waals surface area contributed by atoms with Crippen LogP contribution < -0.4 is 5.43 Å². The fraction of sp³-hybridized carbons (Fsp3) is 0.417. The lowest BCUT2D eigenvalue weighted by Crippen LogP contribution is -2.21. The molecule has 2 heterocycles. The van der Waals surface area contributed by atoms with Gasteiger partial charge < -0.3 is 0 Å². The molecule has 0 atom stereocenters. The highest BCUT2D eigenvalue weighted by Gasteiger charge is 2.15. The van der Waals surface area contributed by atoms with Crippen molar-refractivity contribution >= 4 is 34.5 Å². The van der Waals surface area contributed by atoms with Crippen LogP contribution >= 0.6 is 23.5 Å². The number of carbonyl (C=O) groups is 1. The number of rotatable bonds is 3. The molecule has 1 aromatic heterocycles. The summed E-state index contributed by atoms with van der Waals surface area (Å²) in [6.07, 6.45) is 3.90. The zero-order chi connectivity index (χ0) is 13.7. The average molecular weight is 299 g/mol. The molecule has 0 aliphatic carbocycles. The Morgan fingerprint density at radius 3 is 2.95 bits per heavy atom. The number of halogens is 1. The lowest BCUT2D eigenvalue weighted by Gasteiger charge is -2.10. The number of hydrogen-bond acceptors (Lipinski definition) is 5. The summed E-state index contributed by atoms with van der Waals surface area (Å²) < 4.78 is 2.04. The minimum Gasteiger partial charge on any atom is -0.259 e. The fourth-order valence-corrected chi connectivity index (χ4v) is 2.63. The highest BCUT2D eigenvalue weighted by atomic mass is 35.5. The number of pyridine rings is 1. The first-order valence-electron chi connectivity index (χ1n) is 6.04. The van der Waals surface area contributed by atoms with Crippen molar-refractivity contribution in [2.45, 2.75) is 19.8 Å². The first kappa shape index (κ1) is 14.3. The number of carbonyl (C=O) groups excluding carboxylic acids is 1. The van der Waals surface area contributed by atoms with Crippen LogP contribution in [0.1, 0.15) is 25.5 Å². The van der Waals surface area contributed by atoms with E-state index in [9.17, 15) is 4.79 Å². The first-order valence-corrected chi connectivity index (χ1v) is 7.19. The van der Waals surface area contributed by atoms with E-state index in [0.29, 0.717) is 16.4 Å². The third-order valence-electron chi connectivity index (χ3n) is 2.68. The van der Waals surface area contributed by atoms with Crippen LogP contribution in [0.4, 0.5) is 4.79 Å². The lowest BCUT2D eigenvalue weighted by molar-refractivity contribution is 0.260. The molecule has 1 amide bonds. The van der Waals surface area contributed by atoms with Crippen molar-refractivity contribution in [2.75, 3.05) is 13.1 Å². The van der Waals surface area contributed by atoms with Gasteiger partial charge in [-0.2, -0.15) is 5.10 Å². The molecule has 2 rings (SSSR count). The lowest BCUT2D eigenvalue weighted by atomic mass is 10.3. The molecule has 1 aromatic rings. The molecule has 1 aliphatic heterocycles. The van der Waals surface area contributed by atoms with Crippen molar-refractivity contribution in [3.63, 3.8) is 0 Å². The maximum atomic E-state index is 11.7. The van der Waals surface area contributed by atoms with E-state index in [4.69, 9.17) is 11.6 Å². The summed E-state index contributed by atoms with van der Waals surface area (Å²) in [5.41, 5.74) is 3.79. The fourth-order valence-electron chi connectivity index (χ4n) is 1.71. The monoisotopic (exact) mass is 298 g/mol. The topological polar surface area (TPSA) is 57.6 Å². The summed E-state index contributed by atoms with van der Waals surface area (Å²) in [5, 5.41) is 4.44. The zero-order valence-electron chi connectivity index (χ0n) is 10.6. The van der Waals surface area contributed by atoms with Gasteiger partial charge in [0.2, 0.25) is 0 Å². The maximum Gasteiger partial charge on any atom is 0.314 e. The van der Waals surface area contributed by atoms with E-state index in [0.717, 1.165) is 25.9 Å². The predicted molar refractivity (Wildman–Crippen MR) is 78.4 cm³/mol. The Labute approximate surface area is 121 Å². The van der Waals surface area contributed by atoms with Gasteiger partial charge in [0.1, 0.15) is 0 Å². The normalized spacial score (nSPS) is 16.6. The molecule has 1 saturated heterocycles. The third-order valence-corrected chi connectivity index (χ3v) is 3.80. The van der Waals surface area contributed by atoms with Crippen LogP contribution in [-0.2, 0) is 0 Å². The molecular weight excluding hydrogens is 284 g/mol. The van der Waals surface area contributed by atoms with Crippen LogP contribution in [0.2, 0.25) is 5.02 Å². The average Bonchev–Trinajstić information content (AvgIpc) is 2.88. The number of amides is 1. The van der Waals surface area contributed by atoms with E-state index in [1.807, 2.05) is 4.31 Å². The Balaban J connectivity index is 1.88. The Kier molecular flexibility index (Phi) is 5.18. The molecule has 0 spiro atoms. The molecule has 0 aromatic carbocycles. The number of aromatic nitrogens is 1. The van der Waals surface area contributed by atoms with Gasteiger partial charge >= 0.3 is 5.24 Å². The molecular formula is C12H15ClN4OS. The minimum atomic E-state index is -0.178. The van der Waals surface area contributed by atoms with Gasteiger partial charge in [-0.15, -0.1) is 0 Å². The number of nitrogens with zero attached hydrogens (tertiary/aromatic N) is 3. The van der Waals surface area contributed by atoms with Gasteiger partial charge in [0.15, 0.2) is 0 Å². The van der Waals surface area contributed by atoms with Crippen molar-refractivity contribution in [2.24, 2.45) is 5.10 Å². The summed E-state index contributed by atoms with van der Waals surface area (Å²) in [6, 6.07) is 3.40. The van der Waals surface area contributed by atoms with E-state index in [1.165, 1.54) is 11.9 Å². The van der Waals surface area contributed by atoms with E-state index >= 15 is 0 Å². The van der Waals surface area contributed by atoms with Gasteiger partial charge in [-0.05, 0) is 31.9 Å². The molecule has 102 valence electrons. The standard InChI is InChI=1S/C12H15ClN4OS/c1-9(11-8-10(13)4-5-14-11)15-16-12(18)19-17-6-2-3-7-17/h4-5,8H,2-3,6-7H2,1H3,(H,16,18)/b15-9+. The van der Waals surface area contributed by atoms with Crippen molar-refractivity contribution in [3.8, 4) is 0 Å². The summed E-state index contributed by atoms with van der Waals surface area (Å²) in [4.78, 5) is 15.8. The largest absolute Gasteiger partial charge is 0.314 e. The van der Waals surface area contributed by atoms with Crippen molar-refractivity contribution in [3.05, 3.63) is 29.0 Å². The van der Waals surface area contributed by atoms with Crippen LogP contribution in [0.3, 0.4) is 0 Å². The van der Waals surface area contributed by atoms with Gasteiger partial charge in [-0.25, -0.2) is 9.73 Å². The number of hydrogen-bond donors (Lipinski definition) is 1. The van der Waals surface area contributed by atoms with Crippen molar-refractivity contribution in [1.82, 2.24) is 14.7 Å². The SMILES string of the molecule is C/C(=N\NC(=O)SN1CCCC1)c1cc(Cl)ccn1. The third kappa shape index (κ3) is 4.49. The minimum absolute atomic E-state index is 0.178. The molecule has 0 saturated carbocycles. The van der Waals surface area contributed by atoms with Crippen LogP contribution in [0.25, 0.3) is 0 Å². The molecule has 1 N–H and O–H groups in total. The van der Waals surface area contributed by atoms with E-state index < -0.39 is 0 Å². The van der Waals surface area contributed by atoms with Gasteiger partial charge in [0, 0.05) is 36.3 Å². The Morgan fingerprint density at radius 2 is 2.26 bits per heavy atom. The van der Waals surface area contributed by atoms with Gasteiger partial charge in [-0.3, -0.25) is 9.78 Å². The second-order valence-corrected chi connectivity index (χ2v) is 5.69. The van der Waals surface area contributed by atoms with Crippen LogP contribution in [0.5, 0.6) is 0 Å². The van der Waals surface area contributed by atoms with Crippen LogP contribution in [-0.4, -0.2) is 33.3 Å². The van der Waals surface area contributed by atoms with Crippen molar-refractivity contribution < 1.29 is 4.79 Å². The Morgan fingerprint density at radius 1 is 1.53 bits per heavy atom. The quantitative estimate of drug-likeness (QED) is 0.529. The molecule has 1 fully saturated rings. The van der Waals surface area contributed by atoms with Crippen LogP contribution in [0.15, 0.2) is 23.4 Å². The molecule has 5 nitrogen and oxygen atoms in total. The Hall–Kier alpha value is -1.11. The smallest absolute Gasteiger partial charge is 0.259 e. The highest BCUT2D eigenvalue weighted by Crippen LogP contribution is 2.18. The zero-order valence-corrected chi connectivity index (χ0v) is 12.2. The summed E-state index contributed by atoms with van der Waals surface area (Å²) in [7, 11) is 0. The summed E-state index contributed by atoms with van der Waals surface area (Å²) in [6.45, 7) is 3.69. The summed E-state index contributed by atoms with van der Waals surface area (Å²) in [5.74, 6) is 0. The maximum absolute atomic E-state index is 11.7. The number of nitrogens with one attached hydrogen (secondary N) is 1. The van der Waals surface area contributed by atoms with Gasteiger partial charge in [0.05, 0.1) is 11.4 Å². The number of hydrazone groups is 1. The second kappa shape index (κ2) is 6.88. The van der Waals surface area contributed by atoms with Crippen LogP contribution in [0, 0.1) is 0 Å². The van der Waals surface area contributed by atoms with E-state index in [-0.39, 0.29) is 5.24 Å². The van der Waals surface area contributed by atoms with E-state index in [1.54, 1.807) is 25.3 Å². The Bertz CT molecular complexity index is 488. The molecule has 0 bridgehead atoms. The second-order valence-electron chi connectivity index (χ2n) is 4.18. The highest BCUT2D eigenvalue weighted by molar-refractivity contribution is 8.11.